The number of hydrogen-bond acceptors (Lipinski definition) is 1. The normalized spacial score (nSPS) is 20.5. The Morgan fingerprint density at radius 2 is 2.00 bits per heavy atom. The minimum absolute atomic E-state index is 0.499. The third-order valence-electron chi connectivity index (χ3n) is 4.27. The molecule has 0 atom stereocenters. The van der Waals surface area contributed by atoms with Crippen LogP contribution >= 0.6 is 0 Å². The topological polar surface area (TPSA) is 42.2 Å². The van der Waals surface area contributed by atoms with Crippen LogP contribution in [0.1, 0.15) is 66.2 Å². The molecule has 0 spiro atoms. The molecule has 1 saturated carbocycles. The van der Waals surface area contributed by atoms with Gasteiger partial charge in [0.1, 0.15) is 5.69 Å². The van der Waals surface area contributed by atoms with Gasteiger partial charge in [0.25, 0.3) is 0 Å². The van der Waals surface area contributed by atoms with Crippen LogP contribution in [-0.2, 0) is 13.0 Å². The monoisotopic (exact) mass is 233 g/mol. The van der Waals surface area contributed by atoms with E-state index in [0.717, 1.165) is 24.9 Å². The van der Waals surface area contributed by atoms with Crippen LogP contribution in [0.4, 0.5) is 0 Å². The summed E-state index contributed by atoms with van der Waals surface area (Å²) in [5, 5.41) is 9.45. The van der Waals surface area contributed by atoms with Gasteiger partial charge in [-0.15, -0.1) is 0 Å². The van der Waals surface area contributed by atoms with Crippen LogP contribution in [-0.4, -0.2) is 15.6 Å². The van der Waals surface area contributed by atoms with Crippen molar-refractivity contribution in [3.05, 3.63) is 23.0 Å². The Kier molecular flexibility index (Phi) is 2.69. The molecule has 1 aliphatic carbocycles. The van der Waals surface area contributed by atoms with Gasteiger partial charge in [-0.25, -0.2) is 4.79 Å². The van der Waals surface area contributed by atoms with Gasteiger partial charge < -0.3 is 9.67 Å². The highest BCUT2D eigenvalue weighted by atomic mass is 16.4. The standard InChI is InChI=1S/C14H19NO2/c16-14(17)13-12(10-5-1-2-6-10)9-11-7-3-4-8-15(11)13/h9-10H,1-8H2,(H,16,17). The molecule has 1 N–H and O–H groups in total. The number of aromatic nitrogens is 1. The molecule has 2 heterocycles. The molecule has 0 amide bonds. The van der Waals surface area contributed by atoms with Crippen LogP contribution in [0.3, 0.4) is 0 Å². The van der Waals surface area contributed by atoms with Gasteiger partial charge in [0.15, 0.2) is 0 Å². The Hall–Kier alpha value is -1.25. The minimum Gasteiger partial charge on any atom is -0.477 e. The van der Waals surface area contributed by atoms with Crippen molar-refractivity contribution in [2.45, 2.75) is 57.4 Å². The molecule has 0 aromatic carbocycles. The summed E-state index contributed by atoms with van der Waals surface area (Å²) in [5.41, 5.74) is 2.95. The highest BCUT2D eigenvalue weighted by Crippen LogP contribution is 2.38. The summed E-state index contributed by atoms with van der Waals surface area (Å²) in [6, 6.07) is 2.18. The number of aryl methyl sites for hydroxylation is 1. The zero-order chi connectivity index (χ0) is 11.8. The number of carbonyl (C=O) groups is 1. The van der Waals surface area contributed by atoms with E-state index >= 15 is 0 Å². The van der Waals surface area contributed by atoms with Gasteiger partial charge in [-0.2, -0.15) is 0 Å². The van der Waals surface area contributed by atoms with Gasteiger partial charge in [-0.1, -0.05) is 12.8 Å². The van der Waals surface area contributed by atoms with E-state index in [1.807, 2.05) is 0 Å². The van der Waals surface area contributed by atoms with E-state index in [-0.39, 0.29) is 0 Å². The molecular weight excluding hydrogens is 214 g/mol. The van der Waals surface area contributed by atoms with Gasteiger partial charge in [0.2, 0.25) is 0 Å². The molecule has 3 rings (SSSR count). The maximum absolute atomic E-state index is 11.5. The summed E-state index contributed by atoms with van der Waals surface area (Å²) in [4.78, 5) is 11.5. The smallest absolute Gasteiger partial charge is 0.352 e. The quantitative estimate of drug-likeness (QED) is 0.852. The molecule has 3 heteroatoms. The van der Waals surface area contributed by atoms with Gasteiger partial charge >= 0.3 is 5.97 Å². The van der Waals surface area contributed by atoms with E-state index in [0.29, 0.717) is 11.6 Å². The van der Waals surface area contributed by atoms with Crippen molar-refractivity contribution in [1.82, 2.24) is 4.57 Å². The van der Waals surface area contributed by atoms with Crippen LogP contribution < -0.4 is 0 Å². The van der Waals surface area contributed by atoms with Gasteiger partial charge in [0, 0.05) is 12.2 Å². The van der Waals surface area contributed by atoms with Crippen molar-refractivity contribution in [1.29, 1.82) is 0 Å². The Bertz CT molecular complexity index is 441. The second-order valence-electron chi connectivity index (χ2n) is 5.33. The van der Waals surface area contributed by atoms with E-state index < -0.39 is 5.97 Å². The first-order valence-corrected chi connectivity index (χ1v) is 6.73. The summed E-state index contributed by atoms with van der Waals surface area (Å²) in [7, 11) is 0. The fraction of sp³-hybridized carbons (Fsp3) is 0.643. The predicted octanol–water partition coefficient (Wildman–Crippen LogP) is 3.18. The summed E-state index contributed by atoms with van der Waals surface area (Å²) in [5.74, 6) is -0.237. The molecule has 1 aromatic heterocycles. The van der Waals surface area contributed by atoms with Crippen molar-refractivity contribution in [2.75, 3.05) is 0 Å². The molecule has 0 unspecified atom stereocenters. The molecule has 0 radical (unpaired) electrons. The lowest BCUT2D eigenvalue weighted by Gasteiger charge is -2.17. The third kappa shape index (κ3) is 1.78. The average molecular weight is 233 g/mol. The maximum atomic E-state index is 11.5. The lowest BCUT2D eigenvalue weighted by Crippen LogP contribution is -2.16. The van der Waals surface area contributed by atoms with E-state index in [2.05, 4.69) is 10.6 Å². The summed E-state index contributed by atoms with van der Waals surface area (Å²) in [6.07, 6.45) is 8.22. The number of hydrogen-bond donors (Lipinski definition) is 1. The molecular formula is C14H19NO2. The van der Waals surface area contributed by atoms with E-state index in [1.54, 1.807) is 0 Å². The first-order valence-electron chi connectivity index (χ1n) is 6.73. The Balaban J connectivity index is 2.06. The lowest BCUT2D eigenvalue weighted by molar-refractivity contribution is 0.0682. The molecule has 92 valence electrons. The number of nitrogens with zero attached hydrogens (tertiary/aromatic N) is 1. The van der Waals surface area contributed by atoms with Gasteiger partial charge in [-0.3, -0.25) is 0 Å². The second-order valence-corrected chi connectivity index (χ2v) is 5.33. The van der Waals surface area contributed by atoms with Crippen molar-refractivity contribution >= 4 is 5.97 Å². The Labute approximate surface area is 101 Å². The lowest BCUT2D eigenvalue weighted by atomic mass is 9.97. The second kappa shape index (κ2) is 4.21. The molecule has 2 aliphatic rings. The number of fused-ring (bicyclic) bond motifs is 1. The summed E-state index contributed by atoms with van der Waals surface area (Å²) >= 11 is 0. The minimum atomic E-state index is -0.736. The Morgan fingerprint density at radius 3 is 2.71 bits per heavy atom. The molecule has 3 nitrogen and oxygen atoms in total. The maximum Gasteiger partial charge on any atom is 0.352 e. The van der Waals surface area contributed by atoms with Crippen molar-refractivity contribution < 1.29 is 9.90 Å². The van der Waals surface area contributed by atoms with E-state index in [1.165, 1.54) is 37.8 Å². The molecule has 1 aromatic rings. The first kappa shape index (κ1) is 10.9. The number of aromatic carboxylic acids is 1. The summed E-state index contributed by atoms with van der Waals surface area (Å²) in [6.45, 7) is 0.893. The van der Waals surface area contributed by atoms with E-state index in [9.17, 15) is 9.90 Å². The van der Waals surface area contributed by atoms with Crippen LogP contribution in [0.25, 0.3) is 0 Å². The van der Waals surface area contributed by atoms with Crippen LogP contribution in [0.15, 0.2) is 6.07 Å². The zero-order valence-electron chi connectivity index (χ0n) is 10.1. The van der Waals surface area contributed by atoms with Crippen LogP contribution in [0, 0.1) is 0 Å². The van der Waals surface area contributed by atoms with E-state index in [4.69, 9.17) is 0 Å². The molecule has 1 fully saturated rings. The number of rotatable bonds is 2. The SMILES string of the molecule is O=C(O)c1c(C2CCCC2)cc2n1CCCC2. The predicted molar refractivity (Wildman–Crippen MR) is 65.5 cm³/mol. The molecule has 0 bridgehead atoms. The summed E-state index contributed by atoms with van der Waals surface area (Å²) < 4.78 is 2.06. The third-order valence-corrected chi connectivity index (χ3v) is 4.27. The average Bonchev–Trinajstić information content (AvgIpc) is 2.95. The molecule has 1 aliphatic heterocycles. The van der Waals surface area contributed by atoms with Crippen molar-refractivity contribution in [3.8, 4) is 0 Å². The Morgan fingerprint density at radius 1 is 1.24 bits per heavy atom. The highest BCUT2D eigenvalue weighted by molar-refractivity contribution is 5.88. The number of carboxylic acid groups (broad SMARTS) is 1. The molecule has 0 saturated heterocycles. The fourth-order valence-corrected chi connectivity index (χ4v) is 3.45. The van der Waals surface area contributed by atoms with Gasteiger partial charge in [-0.05, 0) is 49.7 Å². The first-order chi connectivity index (χ1) is 8.27. The zero-order valence-corrected chi connectivity index (χ0v) is 10.1. The van der Waals surface area contributed by atoms with Crippen LogP contribution in [0.2, 0.25) is 0 Å². The number of carboxylic acids is 1. The highest BCUT2D eigenvalue weighted by Gasteiger charge is 2.28. The van der Waals surface area contributed by atoms with Crippen molar-refractivity contribution in [2.24, 2.45) is 0 Å². The largest absolute Gasteiger partial charge is 0.477 e. The molecule has 17 heavy (non-hydrogen) atoms. The van der Waals surface area contributed by atoms with Crippen molar-refractivity contribution in [3.63, 3.8) is 0 Å². The van der Waals surface area contributed by atoms with Gasteiger partial charge in [0.05, 0.1) is 0 Å². The fourth-order valence-electron chi connectivity index (χ4n) is 3.45. The van der Waals surface area contributed by atoms with Crippen LogP contribution in [0.5, 0.6) is 0 Å².